The van der Waals surface area contributed by atoms with Crippen LogP contribution in [0.2, 0.25) is 0 Å². The molecule has 2 amide bonds. The van der Waals surface area contributed by atoms with Crippen LogP contribution in [0.3, 0.4) is 0 Å². The van der Waals surface area contributed by atoms with Gasteiger partial charge in [-0.25, -0.2) is 0 Å². The lowest BCUT2D eigenvalue weighted by atomic mass is 9.94. The molecule has 2 aliphatic heterocycles. The van der Waals surface area contributed by atoms with Crippen LogP contribution in [-0.4, -0.2) is 52.7 Å². The number of hydrogen-bond acceptors (Lipinski definition) is 6. The van der Waals surface area contributed by atoms with Crippen LogP contribution in [0.25, 0.3) is 10.6 Å². The molecule has 154 valence electrons. The van der Waals surface area contributed by atoms with Crippen molar-refractivity contribution in [1.29, 1.82) is 0 Å². The minimum Gasteiger partial charge on any atom is -0.381 e. The van der Waals surface area contributed by atoms with Gasteiger partial charge in [0.05, 0.1) is 0 Å². The Morgan fingerprint density at radius 3 is 2.76 bits per heavy atom. The van der Waals surface area contributed by atoms with E-state index in [4.69, 9.17) is 4.74 Å². The molecule has 7 nitrogen and oxygen atoms in total. The Balaban J connectivity index is 1.47. The number of rotatable bonds is 4. The second-order valence-electron chi connectivity index (χ2n) is 7.63. The lowest BCUT2D eigenvalue weighted by Gasteiger charge is -2.37. The number of amides is 2. The van der Waals surface area contributed by atoms with Gasteiger partial charge in [-0.05, 0) is 51.2 Å². The molecule has 2 aliphatic rings. The average molecular weight is 415 g/mol. The van der Waals surface area contributed by atoms with E-state index < -0.39 is 6.04 Å². The fraction of sp³-hybridized carbons (Fsp3) is 0.524. The summed E-state index contributed by atoms with van der Waals surface area (Å²) in [4.78, 5) is 27.9. The van der Waals surface area contributed by atoms with Crippen LogP contribution >= 0.6 is 11.3 Å². The maximum absolute atomic E-state index is 13.1. The molecule has 29 heavy (non-hydrogen) atoms. The lowest BCUT2D eigenvalue weighted by Crippen LogP contribution is -2.52. The molecule has 1 unspecified atom stereocenters. The van der Waals surface area contributed by atoms with Gasteiger partial charge in [0.25, 0.3) is 0 Å². The topological polar surface area (TPSA) is 84.4 Å². The molecule has 1 aromatic heterocycles. The number of carbonyl (C=O) groups is 2. The number of ether oxygens (including phenoxy) is 1. The van der Waals surface area contributed by atoms with Crippen LogP contribution in [-0.2, 0) is 14.3 Å². The highest BCUT2D eigenvalue weighted by molar-refractivity contribution is 7.14. The Hall–Kier alpha value is -2.32. The number of anilines is 1. The molecule has 0 spiro atoms. The molecule has 2 saturated heterocycles. The average Bonchev–Trinajstić information content (AvgIpc) is 3.20. The number of carbonyl (C=O) groups excluding carboxylic acids is 2. The molecule has 0 radical (unpaired) electrons. The molecule has 2 fully saturated rings. The van der Waals surface area contributed by atoms with Crippen molar-refractivity contribution in [3.63, 3.8) is 0 Å². The number of nitrogens with zero attached hydrogens (tertiary/aromatic N) is 3. The third-order valence-electron chi connectivity index (χ3n) is 5.56. The van der Waals surface area contributed by atoms with Crippen LogP contribution in [0.5, 0.6) is 0 Å². The molecule has 1 aromatic carbocycles. The van der Waals surface area contributed by atoms with E-state index in [1.165, 1.54) is 11.3 Å². The maximum Gasteiger partial charge on any atom is 0.247 e. The van der Waals surface area contributed by atoms with Crippen LogP contribution in [0.15, 0.2) is 24.3 Å². The summed E-state index contributed by atoms with van der Waals surface area (Å²) >= 11 is 1.52. The summed E-state index contributed by atoms with van der Waals surface area (Å²) in [6.07, 6.45) is 4.10. The fourth-order valence-corrected chi connectivity index (χ4v) is 4.70. The second kappa shape index (κ2) is 9.00. The van der Waals surface area contributed by atoms with Crippen LogP contribution in [0, 0.1) is 12.8 Å². The highest BCUT2D eigenvalue weighted by Crippen LogP contribution is 2.27. The zero-order valence-electron chi connectivity index (χ0n) is 16.6. The summed E-state index contributed by atoms with van der Waals surface area (Å²) in [7, 11) is 0. The molecule has 1 N–H and O–H groups in total. The highest BCUT2D eigenvalue weighted by atomic mass is 32.1. The number of aryl methyl sites for hydroxylation is 1. The molecule has 2 aromatic rings. The predicted octanol–water partition coefficient (Wildman–Crippen LogP) is 3.26. The van der Waals surface area contributed by atoms with Crippen molar-refractivity contribution in [3.8, 4) is 10.6 Å². The van der Waals surface area contributed by atoms with Gasteiger partial charge in [0.2, 0.25) is 11.8 Å². The molecule has 1 atom stereocenters. The summed E-state index contributed by atoms with van der Waals surface area (Å²) in [5, 5.41) is 13.0. The predicted molar refractivity (Wildman–Crippen MR) is 112 cm³/mol. The van der Waals surface area contributed by atoms with Crippen molar-refractivity contribution in [2.75, 3.05) is 25.1 Å². The first kappa shape index (κ1) is 20.0. The molecular weight excluding hydrogens is 388 g/mol. The van der Waals surface area contributed by atoms with E-state index in [0.717, 1.165) is 41.3 Å². The number of benzene rings is 1. The first-order valence-electron chi connectivity index (χ1n) is 10.2. The maximum atomic E-state index is 13.1. The second-order valence-corrected chi connectivity index (χ2v) is 8.81. The third kappa shape index (κ3) is 4.64. The van der Waals surface area contributed by atoms with Gasteiger partial charge in [-0.2, -0.15) is 0 Å². The van der Waals surface area contributed by atoms with Crippen molar-refractivity contribution in [3.05, 3.63) is 29.3 Å². The van der Waals surface area contributed by atoms with Gasteiger partial charge in [-0.1, -0.05) is 23.5 Å². The van der Waals surface area contributed by atoms with Gasteiger partial charge in [0.1, 0.15) is 16.1 Å². The smallest absolute Gasteiger partial charge is 0.247 e. The summed E-state index contributed by atoms with van der Waals surface area (Å²) in [6, 6.07) is 7.21. The highest BCUT2D eigenvalue weighted by Gasteiger charge is 2.36. The Bertz CT molecular complexity index is 878. The van der Waals surface area contributed by atoms with Gasteiger partial charge in [-0.3, -0.25) is 9.59 Å². The van der Waals surface area contributed by atoms with E-state index in [2.05, 4.69) is 15.5 Å². The number of nitrogens with one attached hydrogen (secondary N) is 1. The van der Waals surface area contributed by atoms with E-state index in [0.29, 0.717) is 31.9 Å². The van der Waals surface area contributed by atoms with Crippen LogP contribution < -0.4 is 5.32 Å². The zero-order valence-corrected chi connectivity index (χ0v) is 17.4. The summed E-state index contributed by atoms with van der Waals surface area (Å²) in [6.45, 7) is 3.82. The van der Waals surface area contributed by atoms with E-state index >= 15 is 0 Å². The standard InChI is InChI=1S/C21H26N4O3S/c1-14-23-24-20(29-14)16-5-4-6-17(13-16)22-19(26)18-7-2-3-10-25(18)21(27)15-8-11-28-12-9-15/h4-6,13,15,18H,2-3,7-12H2,1H3,(H,22,26). The number of hydrogen-bond donors (Lipinski definition) is 1. The normalized spacial score (nSPS) is 20.4. The quantitative estimate of drug-likeness (QED) is 0.830. The van der Waals surface area contributed by atoms with E-state index in [-0.39, 0.29) is 17.7 Å². The van der Waals surface area contributed by atoms with Crippen molar-refractivity contribution in [1.82, 2.24) is 15.1 Å². The molecule has 0 bridgehead atoms. The van der Waals surface area contributed by atoms with Crippen molar-refractivity contribution < 1.29 is 14.3 Å². The largest absolute Gasteiger partial charge is 0.381 e. The molecule has 3 heterocycles. The Kier molecular flexibility index (Phi) is 6.20. The minimum atomic E-state index is -0.411. The van der Waals surface area contributed by atoms with Crippen molar-refractivity contribution in [2.24, 2.45) is 5.92 Å². The Labute approximate surface area is 174 Å². The van der Waals surface area contributed by atoms with E-state index in [9.17, 15) is 9.59 Å². The first-order chi connectivity index (χ1) is 14.1. The summed E-state index contributed by atoms with van der Waals surface area (Å²) in [5.74, 6) is -0.0388. The monoisotopic (exact) mass is 414 g/mol. The minimum absolute atomic E-state index is 0.0267. The van der Waals surface area contributed by atoms with Gasteiger partial charge in [0, 0.05) is 36.9 Å². The van der Waals surface area contributed by atoms with Gasteiger partial charge >= 0.3 is 0 Å². The van der Waals surface area contributed by atoms with Crippen molar-refractivity contribution in [2.45, 2.75) is 45.1 Å². The van der Waals surface area contributed by atoms with E-state index in [1.807, 2.05) is 31.2 Å². The molecule has 8 heteroatoms. The molecule has 4 rings (SSSR count). The van der Waals surface area contributed by atoms with Gasteiger partial charge in [0.15, 0.2) is 0 Å². The lowest BCUT2D eigenvalue weighted by molar-refractivity contribution is -0.146. The number of piperidine rings is 1. The van der Waals surface area contributed by atoms with Gasteiger partial charge in [-0.15, -0.1) is 10.2 Å². The summed E-state index contributed by atoms with van der Waals surface area (Å²) in [5.41, 5.74) is 1.64. The van der Waals surface area contributed by atoms with Crippen LogP contribution in [0.4, 0.5) is 5.69 Å². The SMILES string of the molecule is Cc1nnc(-c2cccc(NC(=O)C3CCCCN3C(=O)C3CCOCC3)c2)s1. The fourth-order valence-electron chi connectivity index (χ4n) is 4.02. The first-order valence-corrected chi connectivity index (χ1v) is 11.0. The van der Waals surface area contributed by atoms with E-state index in [1.54, 1.807) is 4.90 Å². The zero-order chi connectivity index (χ0) is 20.2. The Morgan fingerprint density at radius 2 is 2.00 bits per heavy atom. The number of likely N-dealkylation sites (tertiary alicyclic amines) is 1. The molecule has 0 aliphatic carbocycles. The third-order valence-corrected chi connectivity index (χ3v) is 6.45. The van der Waals surface area contributed by atoms with Crippen molar-refractivity contribution >= 4 is 28.8 Å². The summed E-state index contributed by atoms with van der Waals surface area (Å²) < 4.78 is 5.38. The molecular formula is C21H26N4O3S. The Morgan fingerprint density at radius 1 is 1.17 bits per heavy atom. The molecule has 0 saturated carbocycles. The van der Waals surface area contributed by atoms with Crippen LogP contribution in [0.1, 0.15) is 37.1 Å². The van der Waals surface area contributed by atoms with Gasteiger partial charge < -0.3 is 15.0 Å². The number of aromatic nitrogens is 2.